The Bertz CT molecular complexity index is 794. The highest BCUT2D eigenvalue weighted by Gasteiger charge is 2.03. The van der Waals surface area contributed by atoms with Crippen molar-refractivity contribution in [2.75, 3.05) is 10.6 Å². The molecule has 3 aromatic rings. The van der Waals surface area contributed by atoms with Crippen molar-refractivity contribution in [3.05, 3.63) is 64.5 Å². The third-order valence-electron chi connectivity index (χ3n) is 3.18. The van der Waals surface area contributed by atoms with Crippen LogP contribution in [-0.2, 0) is 6.54 Å². The zero-order valence-corrected chi connectivity index (χ0v) is 14.1. The molecule has 0 aliphatic rings. The van der Waals surface area contributed by atoms with Crippen molar-refractivity contribution >= 4 is 33.4 Å². The van der Waals surface area contributed by atoms with E-state index >= 15 is 0 Å². The fourth-order valence-electron chi connectivity index (χ4n) is 1.94. The van der Waals surface area contributed by atoms with Crippen LogP contribution >= 0.6 is 15.9 Å². The van der Waals surface area contributed by atoms with E-state index in [4.69, 9.17) is 0 Å². The fraction of sp³-hybridized carbons (Fsp3) is 0.125. The van der Waals surface area contributed by atoms with Gasteiger partial charge in [0.1, 0.15) is 0 Å². The number of nitrogens with zero attached hydrogens (tertiary/aromatic N) is 4. The van der Waals surface area contributed by atoms with Crippen LogP contribution in [0, 0.1) is 6.92 Å². The maximum Gasteiger partial charge on any atom is 0.249 e. The molecule has 0 saturated heterocycles. The SMILES string of the molecule is Cc1ccc(Nc2nncc(NCc3cccnc3)n2)cc1Br. The molecule has 0 radical (unpaired) electrons. The summed E-state index contributed by atoms with van der Waals surface area (Å²) in [7, 11) is 0. The summed E-state index contributed by atoms with van der Waals surface area (Å²) in [6.45, 7) is 2.66. The summed E-state index contributed by atoms with van der Waals surface area (Å²) < 4.78 is 1.03. The molecule has 2 heterocycles. The number of pyridine rings is 1. The van der Waals surface area contributed by atoms with Gasteiger partial charge in [-0.2, -0.15) is 10.1 Å². The fourth-order valence-corrected chi connectivity index (χ4v) is 2.32. The lowest BCUT2D eigenvalue weighted by atomic mass is 10.2. The molecule has 2 aromatic heterocycles. The largest absolute Gasteiger partial charge is 0.364 e. The van der Waals surface area contributed by atoms with Crippen LogP contribution in [0.5, 0.6) is 0 Å². The molecule has 0 spiro atoms. The van der Waals surface area contributed by atoms with E-state index in [9.17, 15) is 0 Å². The van der Waals surface area contributed by atoms with Gasteiger partial charge in [-0.25, -0.2) is 0 Å². The van der Waals surface area contributed by atoms with E-state index in [2.05, 4.69) is 46.7 Å². The van der Waals surface area contributed by atoms with Crippen molar-refractivity contribution in [3.8, 4) is 0 Å². The van der Waals surface area contributed by atoms with Gasteiger partial charge in [-0.05, 0) is 36.2 Å². The van der Waals surface area contributed by atoms with Crippen molar-refractivity contribution in [3.63, 3.8) is 0 Å². The minimum absolute atomic E-state index is 0.442. The number of aromatic nitrogens is 4. The third kappa shape index (κ3) is 4.23. The summed E-state index contributed by atoms with van der Waals surface area (Å²) in [5.41, 5.74) is 3.14. The predicted molar refractivity (Wildman–Crippen MR) is 93.6 cm³/mol. The second kappa shape index (κ2) is 7.15. The van der Waals surface area contributed by atoms with Gasteiger partial charge in [-0.1, -0.05) is 28.1 Å². The average molecular weight is 371 g/mol. The molecule has 7 heteroatoms. The van der Waals surface area contributed by atoms with Gasteiger partial charge in [-0.15, -0.1) is 5.10 Å². The van der Waals surface area contributed by atoms with Gasteiger partial charge in [0.15, 0.2) is 5.82 Å². The Labute approximate surface area is 142 Å². The molecule has 0 saturated carbocycles. The monoisotopic (exact) mass is 370 g/mol. The van der Waals surface area contributed by atoms with Crippen LogP contribution in [-0.4, -0.2) is 20.2 Å². The molecular weight excluding hydrogens is 356 g/mol. The average Bonchev–Trinajstić information content (AvgIpc) is 2.58. The first kappa shape index (κ1) is 15.4. The molecule has 23 heavy (non-hydrogen) atoms. The van der Waals surface area contributed by atoms with Crippen LogP contribution in [0.3, 0.4) is 0 Å². The summed E-state index contributed by atoms with van der Waals surface area (Å²) in [5.74, 6) is 1.09. The number of benzene rings is 1. The zero-order chi connectivity index (χ0) is 16.1. The number of nitrogens with one attached hydrogen (secondary N) is 2. The lowest BCUT2D eigenvalue weighted by Crippen LogP contribution is -2.05. The molecule has 0 bridgehead atoms. The Hall–Kier alpha value is -2.54. The molecule has 0 amide bonds. The van der Waals surface area contributed by atoms with Crippen molar-refractivity contribution in [2.45, 2.75) is 13.5 Å². The van der Waals surface area contributed by atoms with Crippen molar-refractivity contribution in [1.82, 2.24) is 20.2 Å². The number of aryl methyl sites for hydroxylation is 1. The van der Waals surface area contributed by atoms with Crippen molar-refractivity contribution < 1.29 is 0 Å². The number of rotatable bonds is 5. The number of anilines is 3. The lowest BCUT2D eigenvalue weighted by molar-refractivity contribution is 0.964. The number of halogens is 1. The molecule has 116 valence electrons. The van der Waals surface area contributed by atoms with Gasteiger partial charge in [0.05, 0.1) is 6.20 Å². The Morgan fingerprint density at radius 3 is 2.87 bits per heavy atom. The Morgan fingerprint density at radius 1 is 1.17 bits per heavy atom. The Balaban J connectivity index is 1.68. The maximum absolute atomic E-state index is 4.40. The Morgan fingerprint density at radius 2 is 2.09 bits per heavy atom. The summed E-state index contributed by atoms with van der Waals surface area (Å²) in [5, 5.41) is 14.3. The van der Waals surface area contributed by atoms with Gasteiger partial charge in [0, 0.05) is 29.1 Å². The molecule has 0 unspecified atom stereocenters. The molecule has 0 fully saturated rings. The van der Waals surface area contributed by atoms with Gasteiger partial charge in [0.25, 0.3) is 0 Å². The van der Waals surface area contributed by atoms with E-state index in [-0.39, 0.29) is 0 Å². The van der Waals surface area contributed by atoms with Gasteiger partial charge in [-0.3, -0.25) is 4.98 Å². The van der Waals surface area contributed by atoms with Crippen LogP contribution in [0.1, 0.15) is 11.1 Å². The molecule has 0 aliphatic carbocycles. The van der Waals surface area contributed by atoms with Crippen LogP contribution in [0.2, 0.25) is 0 Å². The van der Waals surface area contributed by atoms with E-state index < -0.39 is 0 Å². The molecule has 0 atom stereocenters. The summed E-state index contributed by atoms with van der Waals surface area (Å²) in [4.78, 5) is 8.48. The molecule has 0 aliphatic heterocycles. The topological polar surface area (TPSA) is 75.6 Å². The van der Waals surface area contributed by atoms with Crippen LogP contribution in [0.4, 0.5) is 17.5 Å². The van der Waals surface area contributed by atoms with E-state index in [1.807, 2.05) is 43.5 Å². The molecule has 6 nitrogen and oxygen atoms in total. The van der Waals surface area contributed by atoms with E-state index in [0.717, 1.165) is 15.7 Å². The maximum atomic E-state index is 4.40. The first-order valence-corrected chi connectivity index (χ1v) is 7.86. The smallest absolute Gasteiger partial charge is 0.249 e. The lowest BCUT2D eigenvalue weighted by Gasteiger charge is -2.08. The van der Waals surface area contributed by atoms with Gasteiger partial charge >= 0.3 is 0 Å². The highest BCUT2D eigenvalue weighted by atomic mass is 79.9. The first-order chi connectivity index (χ1) is 11.2. The third-order valence-corrected chi connectivity index (χ3v) is 4.04. The highest BCUT2D eigenvalue weighted by Crippen LogP contribution is 2.22. The van der Waals surface area contributed by atoms with Crippen LogP contribution < -0.4 is 10.6 Å². The van der Waals surface area contributed by atoms with Crippen molar-refractivity contribution in [2.24, 2.45) is 0 Å². The number of hydrogen-bond donors (Lipinski definition) is 2. The minimum Gasteiger partial charge on any atom is -0.364 e. The first-order valence-electron chi connectivity index (χ1n) is 7.06. The molecule has 2 N–H and O–H groups in total. The summed E-state index contributed by atoms with van der Waals surface area (Å²) in [6.07, 6.45) is 5.15. The summed E-state index contributed by atoms with van der Waals surface area (Å²) in [6, 6.07) is 9.87. The normalized spacial score (nSPS) is 10.3. The highest BCUT2D eigenvalue weighted by molar-refractivity contribution is 9.10. The Kier molecular flexibility index (Phi) is 4.77. The van der Waals surface area contributed by atoms with E-state index in [1.165, 1.54) is 5.56 Å². The van der Waals surface area contributed by atoms with E-state index in [1.54, 1.807) is 12.4 Å². The van der Waals surface area contributed by atoms with Gasteiger partial charge < -0.3 is 10.6 Å². The molecular formula is C16H15BrN6. The zero-order valence-electron chi connectivity index (χ0n) is 12.5. The molecule has 3 rings (SSSR count). The van der Waals surface area contributed by atoms with Gasteiger partial charge in [0.2, 0.25) is 5.95 Å². The summed E-state index contributed by atoms with van der Waals surface area (Å²) >= 11 is 3.51. The molecule has 1 aromatic carbocycles. The van der Waals surface area contributed by atoms with E-state index in [0.29, 0.717) is 18.3 Å². The van der Waals surface area contributed by atoms with Crippen molar-refractivity contribution in [1.29, 1.82) is 0 Å². The predicted octanol–water partition coefficient (Wildman–Crippen LogP) is 3.69. The second-order valence-electron chi connectivity index (χ2n) is 4.97. The standard InChI is InChI=1S/C16H15BrN6/c1-11-4-5-13(7-14(11)17)21-16-22-15(10-20-23-16)19-9-12-3-2-6-18-8-12/h2-8,10H,9H2,1H3,(H2,19,21,22,23). The van der Waals surface area contributed by atoms with Crippen LogP contribution in [0.25, 0.3) is 0 Å². The number of hydrogen-bond acceptors (Lipinski definition) is 6. The quantitative estimate of drug-likeness (QED) is 0.713. The minimum atomic E-state index is 0.442. The van der Waals surface area contributed by atoms with Crippen LogP contribution in [0.15, 0.2) is 53.4 Å². The second-order valence-corrected chi connectivity index (χ2v) is 5.82.